The molecule has 0 radical (unpaired) electrons. The molecule has 1 saturated heterocycles. The summed E-state index contributed by atoms with van der Waals surface area (Å²) in [6, 6.07) is 4.43. The number of halogens is 1. The Morgan fingerprint density at radius 2 is 2.06 bits per heavy atom. The lowest BCUT2D eigenvalue weighted by molar-refractivity contribution is 0.290. The summed E-state index contributed by atoms with van der Waals surface area (Å²) in [7, 11) is -0.683. The Kier molecular flexibility index (Phi) is 3.56. The van der Waals surface area contributed by atoms with Crippen molar-refractivity contribution in [1.82, 2.24) is 4.90 Å². The molecule has 1 aliphatic rings. The highest BCUT2D eigenvalue weighted by Crippen LogP contribution is 2.17. The van der Waals surface area contributed by atoms with Crippen LogP contribution in [0, 0.1) is 5.82 Å². The van der Waals surface area contributed by atoms with Gasteiger partial charge in [-0.15, -0.1) is 0 Å². The first-order valence-corrected chi connectivity index (χ1v) is 6.68. The van der Waals surface area contributed by atoms with Crippen molar-refractivity contribution in [2.45, 2.75) is 6.54 Å². The first-order valence-electron chi connectivity index (χ1n) is 5.20. The molecule has 0 amide bonds. The van der Waals surface area contributed by atoms with Crippen LogP contribution >= 0.6 is 0 Å². The molecule has 1 aliphatic heterocycles. The van der Waals surface area contributed by atoms with Gasteiger partial charge in [-0.1, -0.05) is 6.07 Å². The molecule has 0 atom stereocenters. The van der Waals surface area contributed by atoms with Gasteiger partial charge in [0.25, 0.3) is 0 Å². The molecule has 5 heteroatoms. The van der Waals surface area contributed by atoms with Crippen LogP contribution in [0.15, 0.2) is 18.2 Å². The van der Waals surface area contributed by atoms with E-state index in [1.54, 1.807) is 6.07 Å². The van der Waals surface area contributed by atoms with Gasteiger partial charge in [0, 0.05) is 41.9 Å². The van der Waals surface area contributed by atoms with Crippen LogP contribution in [0.25, 0.3) is 0 Å². The normalized spacial score (nSPS) is 18.8. The minimum Gasteiger partial charge on any atom is -0.505 e. The van der Waals surface area contributed by atoms with Crippen molar-refractivity contribution in [1.29, 1.82) is 0 Å². The van der Waals surface area contributed by atoms with Crippen molar-refractivity contribution in [3.05, 3.63) is 29.6 Å². The molecule has 1 aromatic rings. The quantitative estimate of drug-likeness (QED) is 0.845. The number of hydrogen-bond donors (Lipinski definition) is 1. The summed E-state index contributed by atoms with van der Waals surface area (Å²) in [6.45, 7) is 2.22. The van der Waals surface area contributed by atoms with Gasteiger partial charge in [0.15, 0.2) is 11.6 Å². The summed E-state index contributed by atoms with van der Waals surface area (Å²) < 4.78 is 24.2. The summed E-state index contributed by atoms with van der Waals surface area (Å²) in [5.41, 5.74) is 0.836. The van der Waals surface area contributed by atoms with Crippen LogP contribution in [0.4, 0.5) is 4.39 Å². The predicted molar refractivity (Wildman–Crippen MR) is 61.2 cm³/mol. The van der Waals surface area contributed by atoms with Crippen LogP contribution in [0.1, 0.15) is 5.56 Å². The third kappa shape index (κ3) is 2.80. The lowest BCUT2D eigenvalue weighted by Gasteiger charge is -2.26. The smallest absolute Gasteiger partial charge is 0.165 e. The van der Waals surface area contributed by atoms with Crippen molar-refractivity contribution >= 4 is 10.8 Å². The second kappa shape index (κ2) is 4.93. The van der Waals surface area contributed by atoms with Crippen molar-refractivity contribution in [2.75, 3.05) is 24.6 Å². The summed E-state index contributed by atoms with van der Waals surface area (Å²) in [5, 5.41) is 9.06. The highest BCUT2D eigenvalue weighted by atomic mass is 32.2. The highest BCUT2D eigenvalue weighted by molar-refractivity contribution is 7.85. The van der Waals surface area contributed by atoms with E-state index in [1.165, 1.54) is 12.1 Å². The van der Waals surface area contributed by atoms with Gasteiger partial charge in [0.05, 0.1) is 0 Å². The molecular weight excluding hydrogens is 229 g/mol. The van der Waals surface area contributed by atoms with Crippen molar-refractivity contribution in [3.63, 3.8) is 0 Å². The molecule has 1 heterocycles. The van der Waals surface area contributed by atoms with Gasteiger partial charge in [-0.05, 0) is 17.7 Å². The van der Waals surface area contributed by atoms with Gasteiger partial charge in [0.1, 0.15) is 0 Å². The molecule has 0 aliphatic carbocycles. The van der Waals surface area contributed by atoms with Gasteiger partial charge < -0.3 is 5.11 Å². The minimum atomic E-state index is -0.683. The van der Waals surface area contributed by atoms with Gasteiger partial charge >= 0.3 is 0 Å². The monoisotopic (exact) mass is 243 g/mol. The first kappa shape index (κ1) is 11.5. The molecule has 0 spiro atoms. The van der Waals surface area contributed by atoms with E-state index in [0.717, 1.165) is 18.7 Å². The third-order valence-electron chi connectivity index (χ3n) is 2.69. The molecule has 16 heavy (non-hydrogen) atoms. The highest BCUT2D eigenvalue weighted by Gasteiger charge is 2.15. The predicted octanol–water partition coefficient (Wildman–Crippen LogP) is 1.10. The number of rotatable bonds is 2. The Morgan fingerprint density at radius 1 is 1.38 bits per heavy atom. The van der Waals surface area contributed by atoms with E-state index in [1.807, 2.05) is 0 Å². The molecule has 3 nitrogen and oxygen atoms in total. The van der Waals surface area contributed by atoms with E-state index in [0.29, 0.717) is 18.1 Å². The standard InChI is InChI=1S/C11H14FNO2S/c12-10-7-9(1-2-11(10)14)8-13-3-5-16(15)6-4-13/h1-2,7,14H,3-6,8H2. The maximum absolute atomic E-state index is 13.1. The molecule has 0 bridgehead atoms. The van der Waals surface area contributed by atoms with Gasteiger partial charge in [-0.25, -0.2) is 4.39 Å². The van der Waals surface area contributed by atoms with Crippen LogP contribution in [-0.4, -0.2) is 38.8 Å². The van der Waals surface area contributed by atoms with Crippen molar-refractivity contribution in [2.24, 2.45) is 0 Å². The van der Waals surface area contributed by atoms with Crippen LogP contribution in [0.2, 0.25) is 0 Å². The SMILES string of the molecule is O=S1CCN(Cc2ccc(O)c(F)c2)CC1. The van der Waals surface area contributed by atoms with Crippen molar-refractivity contribution < 1.29 is 13.7 Å². The van der Waals surface area contributed by atoms with Crippen molar-refractivity contribution in [3.8, 4) is 5.75 Å². The second-order valence-electron chi connectivity index (χ2n) is 3.91. The number of aromatic hydroxyl groups is 1. The maximum atomic E-state index is 13.1. The summed E-state index contributed by atoms with van der Waals surface area (Å²) in [4.78, 5) is 2.15. The number of phenols is 1. The molecule has 0 unspecified atom stereocenters. The van der Waals surface area contributed by atoms with E-state index in [-0.39, 0.29) is 5.75 Å². The Morgan fingerprint density at radius 3 is 2.69 bits per heavy atom. The van der Waals surface area contributed by atoms with E-state index in [4.69, 9.17) is 5.11 Å². The first-order chi connectivity index (χ1) is 7.65. The summed E-state index contributed by atoms with van der Waals surface area (Å²) >= 11 is 0. The lowest BCUT2D eigenvalue weighted by Crippen LogP contribution is -2.37. The largest absolute Gasteiger partial charge is 0.505 e. The topological polar surface area (TPSA) is 40.5 Å². The van der Waals surface area contributed by atoms with Gasteiger partial charge in [-0.2, -0.15) is 0 Å². The fraction of sp³-hybridized carbons (Fsp3) is 0.455. The number of phenolic OH excluding ortho intramolecular Hbond substituents is 1. The van der Waals surface area contributed by atoms with Gasteiger partial charge in [0.2, 0.25) is 0 Å². The van der Waals surface area contributed by atoms with Gasteiger partial charge in [-0.3, -0.25) is 9.11 Å². The van der Waals surface area contributed by atoms with E-state index >= 15 is 0 Å². The molecule has 1 aromatic carbocycles. The lowest BCUT2D eigenvalue weighted by atomic mass is 10.2. The van der Waals surface area contributed by atoms with E-state index in [2.05, 4.69) is 4.90 Å². The second-order valence-corrected chi connectivity index (χ2v) is 5.61. The van der Waals surface area contributed by atoms with Crippen LogP contribution in [0.5, 0.6) is 5.75 Å². The fourth-order valence-electron chi connectivity index (χ4n) is 1.74. The molecule has 2 rings (SSSR count). The van der Waals surface area contributed by atoms with E-state index < -0.39 is 16.6 Å². The fourth-order valence-corrected chi connectivity index (χ4v) is 2.87. The molecule has 1 N–H and O–H groups in total. The minimum absolute atomic E-state index is 0.316. The summed E-state index contributed by atoms with van der Waals surface area (Å²) in [5.74, 6) is 0.489. The molecule has 0 aromatic heterocycles. The maximum Gasteiger partial charge on any atom is 0.165 e. The zero-order valence-corrected chi connectivity index (χ0v) is 9.67. The average Bonchev–Trinajstić information content (AvgIpc) is 2.27. The van der Waals surface area contributed by atoms with Crippen LogP contribution in [0.3, 0.4) is 0 Å². The Hall–Kier alpha value is -0.940. The zero-order chi connectivity index (χ0) is 11.5. The molecular formula is C11H14FNO2S. The summed E-state index contributed by atoms with van der Waals surface area (Å²) in [6.07, 6.45) is 0. The Balaban J connectivity index is 1.98. The Labute approximate surface area is 96.3 Å². The van der Waals surface area contributed by atoms with Crippen LogP contribution < -0.4 is 0 Å². The molecule has 0 saturated carbocycles. The number of nitrogens with zero attached hydrogens (tertiary/aromatic N) is 1. The number of benzene rings is 1. The Bertz CT molecular complexity index is 401. The average molecular weight is 243 g/mol. The number of hydrogen-bond acceptors (Lipinski definition) is 3. The van der Waals surface area contributed by atoms with E-state index in [9.17, 15) is 8.60 Å². The third-order valence-corrected chi connectivity index (χ3v) is 3.96. The van der Waals surface area contributed by atoms with Crippen LogP contribution in [-0.2, 0) is 17.3 Å². The molecule has 1 fully saturated rings. The molecule has 88 valence electrons. The zero-order valence-electron chi connectivity index (χ0n) is 8.86.